The van der Waals surface area contributed by atoms with Crippen LogP contribution in [0.5, 0.6) is 0 Å². The molecule has 1 aromatic rings. The molecule has 1 saturated heterocycles. The summed E-state index contributed by atoms with van der Waals surface area (Å²) in [6.07, 6.45) is 1.87. The van der Waals surface area contributed by atoms with Crippen LogP contribution in [0, 0.1) is 5.92 Å². The van der Waals surface area contributed by atoms with Gasteiger partial charge in [0, 0.05) is 12.6 Å². The molecule has 3 atom stereocenters. The standard InChI is InChI=1S/C17H24N2O5S/c1-12(17(21)22)13(2)18-16(20)15-10-6-7-11-19(15)25(23,24)14-8-4-3-5-9-14/h3-5,8-9,12-13,15H,6-7,10-11H2,1-2H3,(H,18,20)(H,21,22). The Kier molecular flexibility index (Phi) is 6.18. The van der Waals surface area contributed by atoms with E-state index in [0.717, 1.165) is 6.42 Å². The number of carbonyl (C=O) groups is 2. The zero-order valence-corrected chi connectivity index (χ0v) is 15.2. The Morgan fingerprint density at radius 3 is 2.44 bits per heavy atom. The van der Waals surface area contributed by atoms with Crippen LogP contribution >= 0.6 is 0 Å². The number of benzene rings is 1. The molecule has 1 aliphatic heterocycles. The highest BCUT2D eigenvalue weighted by Crippen LogP contribution is 2.25. The highest BCUT2D eigenvalue weighted by atomic mass is 32.2. The van der Waals surface area contributed by atoms with Gasteiger partial charge in [-0.2, -0.15) is 4.31 Å². The van der Waals surface area contributed by atoms with E-state index in [-0.39, 0.29) is 11.4 Å². The maximum Gasteiger partial charge on any atom is 0.308 e. The van der Waals surface area contributed by atoms with E-state index in [9.17, 15) is 18.0 Å². The number of nitrogens with one attached hydrogen (secondary N) is 1. The van der Waals surface area contributed by atoms with Crippen LogP contribution < -0.4 is 5.32 Å². The van der Waals surface area contributed by atoms with Crippen molar-refractivity contribution in [1.29, 1.82) is 0 Å². The van der Waals surface area contributed by atoms with Gasteiger partial charge in [-0.05, 0) is 38.8 Å². The van der Waals surface area contributed by atoms with E-state index < -0.39 is 39.9 Å². The zero-order valence-electron chi connectivity index (χ0n) is 14.4. The topological polar surface area (TPSA) is 104 Å². The maximum atomic E-state index is 12.9. The molecular formula is C17H24N2O5S. The molecule has 25 heavy (non-hydrogen) atoms. The lowest BCUT2D eigenvalue weighted by atomic mass is 10.0. The number of aliphatic carboxylic acids is 1. The normalized spacial score (nSPS) is 21.3. The molecule has 8 heteroatoms. The first-order valence-electron chi connectivity index (χ1n) is 8.35. The van der Waals surface area contributed by atoms with Crippen LogP contribution in [0.15, 0.2) is 35.2 Å². The predicted molar refractivity (Wildman–Crippen MR) is 92.4 cm³/mol. The fourth-order valence-electron chi connectivity index (χ4n) is 2.84. The van der Waals surface area contributed by atoms with E-state index >= 15 is 0 Å². The molecule has 0 radical (unpaired) electrons. The Morgan fingerprint density at radius 1 is 1.20 bits per heavy atom. The predicted octanol–water partition coefficient (Wildman–Crippen LogP) is 1.46. The van der Waals surface area contributed by atoms with Crippen LogP contribution in [0.1, 0.15) is 33.1 Å². The van der Waals surface area contributed by atoms with Gasteiger partial charge in [-0.1, -0.05) is 24.6 Å². The smallest absolute Gasteiger partial charge is 0.308 e. The molecule has 3 unspecified atom stereocenters. The van der Waals surface area contributed by atoms with Crippen molar-refractivity contribution in [1.82, 2.24) is 9.62 Å². The van der Waals surface area contributed by atoms with Crippen LogP contribution in [-0.2, 0) is 19.6 Å². The summed E-state index contributed by atoms with van der Waals surface area (Å²) in [5.74, 6) is -2.21. The van der Waals surface area contributed by atoms with Crippen LogP contribution in [0.25, 0.3) is 0 Å². The average Bonchev–Trinajstić information content (AvgIpc) is 2.61. The fourth-order valence-corrected chi connectivity index (χ4v) is 4.52. The minimum Gasteiger partial charge on any atom is -0.481 e. The molecule has 138 valence electrons. The number of hydrogen-bond acceptors (Lipinski definition) is 4. The van der Waals surface area contributed by atoms with E-state index in [0.29, 0.717) is 12.8 Å². The molecular weight excluding hydrogens is 344 g/mol. The number of nitrogens with zero attached hydrogens (tertiary/aromatic N) is 1. The summed E-state index contributed by atoms with van der Waals surface area (Å²) in [4.78, 5) is 23.8. The van der Waals surface area contributed by atoms with Gasteiger partial charge in [-0.3, -0.25) is 9.59 Å². The monoisotopic (exact) mass is 368 g/mol. The SMILES string of the molecule is CC(NC(=O)C1CCCCN1S(=O)(=O)c1ccccc1)C(C)C(=O)O. The molecule has 0 spiro atoms. The van der Waals surface area contributed by atoms with Crippen molar-refractivity contribution in [3.63, 3.8) is 0 Å². The Balaban J connectivity index is 2.20. The third kappa shape index (κ3) is 4.38. The van der Waals surface area contributed by atoms with Gasteiger partial charge in [0.2, 0.25) is 15.9 Å². The van der Waals surface area contributed by atoms with E-state index in [2.05, 4.69) is 5.32 Å². The number of carboxylic acids is 1. The highest BCUT2D eigenvalue weighted by Gasteiger charge is 2.38. The van der Waals surface area contributed by atoms with Crippen molar-refractivity contribution in [2.45, 2.75) is 50.1 Å². The summed E-state index contributed by atoms with van der Waals surface area (Å²) in [6, 6.07) is 6.62. The lowest BCUT2D eigenvalue weighted by Gasteiger charge is -2.34. The average molecular weight is 368 g/mol. The number of carboxylic acid groups (broad SMARTS) is 1. The van der Waals surface area contributed by atoms with Gasteiger partial charge in [0.15, 0.2) is 0 Å². The van der Waals surface area contributed by atoms with Crippen molar-refractivity contribution in [2.24, 2.45) is 5.92 Å². The Morgan fingerprint density at radius 2 is 1.84 bits per heavy atom. The summed E-state index contributed by atoms with van der Waals surface area (Å²) in [6.45, 7) is 3.39. The molecule has 0 aromatic heterocycles. The van der Waals surface area contributed by atoms with Crippen molar-refractivity contribution in [3.05, 3.63) is 30.3 Å². The van der Waals surface area contributed by atoms with E-state index in [1.54, 1.807) is 25.1 Å². The van der Waals surface area contributed by atoms with Gasteiger partial charge in [0.25, 0.3) is 0 Å². The van der Waals surface area contributed by atoms with Gasteiger partial charge in [-0.15, -0.1) is 0 Å². The molecule has 7 nitrogen and oxygen atoms in total. The first-order valence-corrected chi connectivity index (χ1v) is 9.79. The molecule has 0 aliphatic carbocycles. The minimum atomic E-state index is -3.77. The van der Waals surface area contributed by atoms with Gasteiger partial charge in [-0.25, -0.2) is 8.42 Å². The summed E-state index contributed by atoms with van der Waals surface area (Å²) >= 11 is 0. The lowest BCUT2D eigenvalue weighted by Crippen LogP contribution is -2.54. The second-order valence-corrected chi connectivity index (χ2v) is 8.26. The van der Waals surface area contributed by atoms with Gasteiger partial charge in [0.05, 0.1) is 10.8 Å². The first-order chi connectivity index (χ1) is 11.7. The molecule has 1 amide bonds. The zero-order chi connectivity index (χ0) is 18.6. The van der Waals surface area contributed by atoms with Crippen LogP contribution in [0.4, 0.5) is 0 Å². The van der Waals surface area contributed by atoms with Crippen molar-refractivity contribution < 1.29 is 23.1 Å². The highest BCUT2D eigenvalue weighted by molar-refractivity contribution is 7.89. The number of piperidine rings is 1. The molecule has 2 rings (SSSR count). The second kappa shape index (κ2) is 7.97. The Labute approximate surface area is 148 Å². The van der Waals surface area contributed by atoms with Gasteiger partial charge >= 0.3 is 5.97 Å². The minimum absolute atomic E-state index is 0.154. The van der Waals surface area contributed by atoms with Crippen LogP contribution in [0.2, 0.25) is 0 Å². The van der Waals surface area contributed by atoms with Gasteiger partial charge < -0.3 is 10.4 Å². The molecule has 0 bridgehead atoms. The molecule has 1 aromatic carbocycles. The molecule has 0 saturated carbocycles. The van der Waals surface area contributed by atoms with Crippen molar-refractivity contribution in [2.75, 3.05) is 6.54 Å². The summed E-state index contributed by atoms with van der Waals surface area (Å²) < 4.78 is 27.0. The lowest BCUT2D eigenvalue weighted by molar-refractivity contribution is -0.142. The summed E-state index contributed by atoms with van der Waals surface area (Å²) in [5.41, 5.74) is 0. The summed E-state index contributed by atoms with van der Waals surface area (Å²) in [5, 5.41) is 11.7. The Bertz CT molecular complexity index is 720. The fraction of sp³-hybridized carbons (Fsp3) is 0.529. The second-order valence-electron chi connectivity index (χ2n) is 6.36. The van der Waals surface area contributed by atoms with E-state index in [1.807, 2.05) is 0 Å². The van der Waals surface area contributed by atoms with Crippen LogP contribution in [-0.4, -0.2) is 48.3 Å². The quantitative estimate of drug-likeness (QED) is 0.791. The Hall–Kier alpha value is -1.93. The number of sulfonamides is 1. The maximum absolute atomic E-state index is 12.9. The number of hydrogen-bond donors (Lipinski definition) is 2. The van der Waals surface area contributed by atoms with Crippen molar-refractivity contribution in [3.8, 4) is 0 Å². The van der Waals surface area contributed by atoms with Gasteiger partial charge in [0.1, 0.15) is 6.04 Å². The van der Waals surface area contributed by atoms with Crippen LogP contribution in [0.3, 0.4) is 0 Å². The third-order valence-corrected chi connectivity index (χ3v) is 6.54. The van der Waals surface area contributed by atoms with E-state index in [4.69, 9.17) is 5.11 Å². The molecule has 2 N–H and O–H groups in total. The number of amides is 1. The first kappa shape index (κ1) is 19.4. The number of carbonyl (C=O) groups excluding carboxylic acids is 1. The molecule has 1 heterocycles. The third-order valence-electron chi connectivity index (χ3n) is 4.62. The molecule has 1 fully saturated rings. The largest absolute Gasteiger partial charge is 0.481 e. The van der Waals surface area contributed by atoms with Crippen molar-refractivity contribution >= 4 is 21.9 Å². The number of rotatable bonds is 6. The summed E-state index contributed by atoms with van der Waals surface area (Å²) in [7, 11) is -3.77. The van der Waals surface area contributed by atoms with E-state index in [1.165, 1.54) is 23.4 Å². The molecule has 1 aliphatic rings.